The van der Waals surface area contributed by atoms with Gasteiger partial charge in [0, 0.05) is 19.4 Å². The number of ether oxygens (including phenoxy) is 1. The van der Waals surface area contributed by atoms with Crippen molar-refractivity contribution in [3.05, 3.63) is 60.1 Å². The number of carbonyl (C=O) groups excluding carboxylic acids is 2. The first kappa shape index (κ1) is 19.6. The summed E-state index contributed by atoms with van der Waals surface area (Å²) in [6.07, 6.45) is 1.93. The van der Waals surface area contributed by atoms with Gasteiger partial charge in [-0.3, -0.25) is 4.79 Å². The molecule has 0 spiro atoms. The molecule has 2 rings (SSSR count). The maximum Gasteiger partial charge on any atom is 0.408 e. The Labute approximate surface area is 153 Å². The molecule has 0 bridgehead atoms. The number of aryl methyl sites for hydroxylation is 1. The second kappa shape index (κ2) is 9.08. The van der Waals surface area contributed by atoms with Crippen LogP contribution < -0.4 is 10.6 Å². The van der Waals surface area contributed by atoms with Crippen molar-refractivity contribution in [3.8, 4) is 0 Å². The summed E-state index contributed by atoms with van der Waals surface area (Å²) < 4.78 is 10.5. The number of hydrogen-bond donors (Lipinski definition) is 2. The van der Waals surface area contributed by atoms with Crippen molar-refractivity contribution in [2.24, 2.45) is 0 Å². The van der Waals surface area contributed by atoms with Gasteiger partial charge in [0.1, 0.15) is 11.4 Å². The standard InChI is InChI=1S/C20H26N2O4/c1-20(2,3)26-19(24)22-17(15-8-5-4-6-9-15)14-21-18(23)12-11-16-10-7-13-25-16/h4-10,13,17H,11-12,14H2,1-3H3,(H,21,23)(H,22,24)/t17-/m0/s1. The molecular weight excluding hydrogens is 332 g/mol. The predicted molar refractivity (Wildman–Crippen MR) is 98.6 cm³/mol. The largest absolute Gasteiger partial charge is 0.469 e. The minimum absolute atomic E-state index is 0.103. The van der Waals surface area contributed by atoms with Crippen LogP contribution in [0.1, 0.15) is 44.6 Å². The number of rotatable bonds is 7. The van der Waals surface area contributed by atoms with Crippen molar-refractivity contribution in [2.75, 3.05) is 6.54 Å². The predicted octanol–water partition coefficient (Wildman–Crippen LogP) is 3.59. The number of furan rings is 1. The number of nitrogens with one attached hydrogen (secondary N) is 2. The summed E-state index contributed by atoms with van der Waals surface area (Å²) in [7, 11) is 0. The summed E-state index contributed by atoms with van der Waals surface area (Å²) in [6, 6.07) is 12.7. The Morgan fingerprint density at radius 2 is 1.85 bits per heavy atom. The van der Waals surface area contributed by atoms with E-state index in [0.29, 0.717) is 12.8 Å². The van der Waals surface area contributed by atoms with E-state index in [-0.39, 0.29) is 18.5 Å². The zero-order chi connectivity index (χ0) is 19.0. The van der Waals surface area contributed by atoms with Gasteiger partial charge in [0.2, 0.25) is 5.91 Å². The van der Waals surface area contributed by atoms with E-state index in [0.717, 1.165) is 11.3 Å². The summed E-state index contributed by atoms with van der Waals surface area (Å²) in [5, 5.41) is 5.68. The van der Waals surface area contributed by atoms with Gasteiger partial charge in [-0.05, 0) is 38.5 Å². The van der Waals surface area contributed by atoms with Gasteiger partial charge in [-0.25, -0.2) is 4.79 Å². The van der Waals surface area contributed by atoms with E-state index in [2.05, 4.69) is 10.6 Å². The van der Waals surface area contributed by atoms with Gasteiger partial charge in [0.15, 0.2) is 0 Å². The van der Waals surface area contributed by atoms with E-state index in [4.69, 9.17) is 9.15 Å². The molecule has 1 aromatic carbocycles. The fourth-order valence-electron chi connectivity index (χ4n) is 2.38. The topological polar surface area (TPSA) is 80.6 Å². The summed E-state index contributed by atoms with van der Waals surface area (Å²) >= 11 is 0. The van der Waals surface area contributed by atoms with Gasteiger partial charge in [0.25, 0.3) is 0 Å². The average molecular weight is 358 g/mol. The van der Waals surface area contributed by atoms with Crippen molar-refractivity contribution in [1.82, 2.24) is 10.6 Å². The number of amides is 2. The molecule has 0 radical (unpaired) electrons. The SMILES string of the molecule is CC(C)(C)OC(=O)N[C@@H](CNC(=O)CCc1ccco1)c1ccccc1. The summed E-state index contributed by atoms with van der Waals surface area (Å²) in [5.74, 6) is 0.667. The zero-order valence-electron chi connectivity index (χ0n) is 15.5. The van der Waals surface area contributed by atoms with Crippen LogP contribution in [0.25, 0.3) is 0 Å². The molecule has 6 heteroatoms. The van der Waals surface area contributed by atoms with E-state index in [9.17, 15) is 9.59 Å². The molecule has 0 saturated heterocycles. The molecule has 0 aliphatic carbocycles. The lowest BCUT2D eigenvalue weighted by Crippen LogP contribution is -2.40. The van der Waals surface area contributed by atoms with Crippen LogP contribution in [0.5, 0.6) is 0 Å². The Morgan fingerprint density at radius 1 is 1.12 bits per heavy atom. The van der Waals surface area contributed by atoms with Gasteiger partial charge in [0.05, 0.1) is 12.3 Å². The molecule has 0 aliphatic heterocycles. The fraction of sp³-hybridized carbons (Fsp3) is 0.400. The highest BCUT2D eigenvalue weighted by atomic mass is 16.6. The van der Waals surface area contributed by atoms with Gasteiger partial charge in [-0.2, -0.15) is 0 Å². The molecule has 2 N–H and O–H groups in total. The molecule has 0 unspecified atom stereocenters. The van der Waals surface area contributed by atoms with Crippen LogP contribution in [0, 0.1) is 0 Å². The molecule has 0 saturated carbocycles. The molecule has 2 aromatic rings. The van der Waals surface area contributed by atoms with Crippen LogP contribution in [0.4, 0.5) is 4.79 Å². The van der Waals surface area contributed by atoms with Crippen molar-refractivity contribution in [3.63, 3.8) is 0 Å². The second-order valence-electron chi connectivity index (χ2n) is 6.99. The van der Waals surface area contributed by atoms with Gasteiger partial charge < -0.3 is 19.8 Å². The third-order valence-corrected chi connectivity index (χ3v) is 3.57. The first-order valence-electron chi connectivity index (χ1n) is 8.67. The maximum absolute atomic E-state index is 12.1. The normalized spacial score (nSPS) is 12.3. The van der Waals surface area contributed by atoms with Crippen LogP contribution in [0.15, 0.2) is 53.1 Å². The van der Waals surface area contributed by atoms with E-state index in [1.54, 1.807) is 33.1 Å². The van der Waals surface area contributed by atoms with Crippen LogP contribution in [0.3, 0.4) is 0 Å². The van der Waals surface area contributed by atoms with Crippen molar-refractivity contribution in [1.29, 1.82) is 0 Å². The first-order valence-corrected chi connectivity index (χ1v) is 8.67. The highest BCUT2D eigenvalue weighted by Crippen LogP contribution is 2.14. The molecule has 0 fully saturated rings. The van der Waals surface area contributed by atoms with Crippen LogP contribution in [-0.4, -0.2) is 24.1 Å². The molecule has 0 aliphatic rings. The van der Waals surface area contributed by atoms with Gasteiger partial charge >= 0.3 is 6.09 Å². The van der Waals surface area contributed by atoms with E-state index in [1.165, 1.54) is 0 Å². The van der Waals surface area contributed by atoms with Crippen LogP contribution in [-0.2, 0) is 16.0 Å². The van der Waals surface area contributed by atoms with Crippen molar-refractivity contribution >= 4 is 12.0 Å². The maximum atomic E-state index is 12.1. The average Bonchev–Trinajstić information content (AvgIpc) is 3.09. The highest BCUT2D eigenvalue weighted by molar-refractivity contribution is 5.76. The Morgan fingerprint density at radius 3 is 2.46 bits per heavy atom. The van der Waals surface area contributed by atoms with E-state index < -0.39 is 11.7 Å². The zero-order valence-corrected chi connectivity index (χ0v) is 15.5. The summed E-state index contributed by atoms with van der Waals surface area (Å²) in [6.45, 7) is 5.70. The summed E-state index contributed by atoms with van der Waals surface area (Å²) in [4.78, 5) is 24.2. The van der Waals surface area contributed by atoms with E-state index >= 15 is 0 Å². The Balaban J connectivity index is 1.91. The van der Waals surface area contributed by atoms with E-state index in [1.807, 2.05) is 36.4 Å². The lowest BCUT2D eigenvalue weighted by Gasteiger charge is -2.24. The molecule has 1 atom stereocenters. The van der Waals surface area contributed by atoms with Crippen LogP contribution >= 0.6 is 0 Å². The second-order valence-corrected chi connectivity index (χ2v) is 6.99. The molecule has 1 heterocycles. The molecule has 1 aromatic heterocycles. The molecule has 26 heavy (non-hydrogen) atoms. The lowest BCUT2D eigenvalue weighted by atomic mass is 10.1. The fourth-order valence-corrected chi connectivity index (χ4v) is 2.38. The minimum atomic E-state index is -0.586. The monoisotopic (exact) mass is 358 g/mol. The molecule has 140 valence electrons. The highest BCUT2D eigenvalue weighted by Gasteiger charge is 2.21. The number of alkyl carbamates (subject to hydrolysis) is 1. The Bertz CT molecular complexity index is 690. The third-order valence-electron chi connectivity index (χ3n) is 3.57. The molecule has 6 nitrogen and oxygen atoms in total. The number of benzene rings is 1. The van der Waals surface area contributed by atoms with Crippen LogP contribution in [0.2, 0.25) is 0 Å². The Kier molecular flexibility index (Phi) is 6.83. The van der Waals surface area contributed by atoms with Gasteiger partial charge in [-0.15, -0.1) is 0 Å². The van der Waals surface area contributed by atoms with Gasteiger partial charge in [-0.1, -0.05) is 30.3 Å². The Hall–Kier alpha value is -2.76. The third kappa shape index (κ3) is 7.01. The van der Waals surface area contributed by atoms with Crippen molar-refractivity contribution in [2.45, 2.75) is 45.3 Å². The number of carbonyl (C=O) groups is 2. The smallest absolute Gasteiger partial charge is 0.408 e. The minimum Gasteiger partial charge on any atom is -0.469 e. The quantitative estimate of drug-likeness (QED) is 0.792. The summed E-state index contributed by atoms with van der Waals surface area (Å²) in [5.41, 5.74) is 0.308. The molecule has 2 amide bonds. The lowest BCUT2D eigenvalue weighted by molar-refractivity contribution is -0.121. The first-order chi connectivity index (χ1) is 12.3. The molecular formula is C20H26N2O4. The van der Waals surface area contributed by atoms with Crippen molar-refractivity contribution < 1.29 is 18.7 Å². The number of hydrogen-bond acceptors (Lipinski definition) is 4.